The van der Waals surface area contributed by atoms with Gasteiger partial charge < -0.3 is 9.84 Å². The Balaban J connectivity index is 2.91. The van der Waals surface area contributed by atoms with Crippen LogP contribution in [-0.2, 0) is 16.0 Å². The van der Waals surface area contributed by atoms with Crippen molar-refractivity contribution in [1.82, 2.24) is 0 Å². The molecule has 1 amide bonds. The number of halogens is 1. The largest absolute Gasteiger partial charge is 0.481 e. The second-order valence-electron chi connectivity index (χ2n) is 6.81. The van der Waals surface area contributed by atoms with Crippen LogP contribution in [-0.4, -0.2) is 22.8 Å². The smallest absolute Gasteiger partial charge is 0.412 e. The monoisotopic (exact) mass is 311 g/mol. The SMILES string of the molecule is CC(C)(C)OC(=O)Nc1cc(CC(C)(C)C(=O)O)ccc1F. The molecule has 1 aromatic rings. The van der Waals surface area contributed by atoms with Crippen LogP contribution >= 0.6 is 0 Å². The lowest BCUT2D eigenvalue weighted by atomic mass is 9.86. The van der Waals surface area contributed by atoms with E-state index in [0.717, 1.165) is 0 Å². The summed E-state index contributed by atoms with van der Waals surface area (Å²) in [5.74, 6) is -1.55. The normalized spacial score (nSPS) is 11.9. The number of carbonyl (C=O) groups is 2. The summed E-state index contributed by atoms with van der Waals surface area (Å²) in [6.45, 7) is 8.28. The van der Waals surface area contributed by atoms with Crippen molar-refractivity contribution in [3.8, 4) is 0 Å². The molecule has 0 atom stereocenters. The van der Waals surface area contributed by atoms with Gasteiger partial charge in [0.1, 0.15) is 11.4 Å². The highest BCUT2D eigenvalue weighted by Gasteiger charge is 2.27. The molecule has 0 spiro atoms. The molecule has 122 valence electrons. The third kappa shape index (κ3) is 5.35. The number of aliphatic carboxylic acids is 1. The second kappa shape index (κ2) is 6.34. The van der Waals surface area contributed by atoms with Crippen molar-refractivity contribution in [2.75, 3.05) is 5.32 Å². The van der Waals surface area contributed by atoms with Gasteiger partial charge in [-0.2, -0.15) is 0 Å². The standard InChI is InChI=1S/C16H22FNO4/c1-15(2,3)22-14(21)18-12-8-10(6-7-11(12)17)9-16(4,5)13(19)20/h6-8H,9H2,1-5H3,(H,18,21)(H,19,20). The summed E-state index contributed by atoms with van der Waals surface area (Å²) in [7, 11) is 0. The zero-order valence-corrected chi connectivity index (χ0v) is 13.5. The average molecular weight is 311 g/mol. The van der Waals surface area contributed by atoms with E-state index in [9.17, 15) is 14.0 Å². The van der Waals surface area contributed by atoms with Crippen molar-refractivity contribution in [2.45, 2.75) is 46.6 Å². The molecule has 2 N–H and O–H groups in total. The van der Waals surface area contributed by atoms with Crippen LogP contribution in [0.2, 0.25) is 0 Å². The van der Waals surface area contributed by atoms with E-state index in [4.69, 9.17) is 9.84 Å². The maximum atomic E-state index is 13.8. The quantitative estimate of drug-likeness (QED) is 0.886. The summed E-state index contributed by atoms with van der Waals surface area (Å²) in [5.41, 5.74) is -1.10. The molecule has 5 nitrogen and oxygen atoms in total. The first-order valence-corrected chi connectivity index (χ1v) is 6.92. The Morgan fingerprint density at radius 3 is 2.32 bits per heavy atom. The zero-order chi connectivity index (χ0) is 17.1. The topological polar surface area (TPSA) is 75.6 Å². The lowest BCUT2D eigenvalue weighted by molar-refractivity contribution is -0.146. The number of nitrogens with one attached hydrogen (secondary N) is 1. The summed E-state index contributed by atoms with van der Waals surface area (Å²) in [4.78, 5) is 22.8. The lowest BCUT2D eigenvalue weighted by Crippen LogP contribution is -2.28. The fraction of sp³-hybridized carbons (Fsp3) is 0.500. The Morgan fingerprint density at radius 1 is 1.23 bits per heavy atom. The minimum Gasteiger partial charge on any atom is -0.481 e. The van der Waals surface area contributed by atoms with Crippen LogP contribution in [0.3, 0.4) is 0 Å². The third-order valence-electron chi connectivity index (χ3n) is 2.89. The number of rotatable bonds is 4. The van der Waals surface area contributed by atoms with Gasteiger partial charge in [0.15, 0.2) is 0 Å². The number of anilines is 1. The van der Waals surface area contributed by atoms with Crippen molar-refractivity contribution in [1.29, 1.82) is 0 Å². The first-order valence-electron chi connectivity index (χ1n) is 6.92. The molecule has 0 saturated heterocycles. The van der Waals surface area contributed by atoms with Gasteiger partial charge in [0, 0.05) is 0 Å². The molecule has 0 bridgehead atoms. The molecule has 0 aliphatic heterocycles. The predicted molar refractivity (Wildman–Crippen MR) is 81.4 cm³/mol. The highest BCUT2D eigenvalue weighted by atomic mass is 19.1. The van der Waals surface area contributed by atoms with Gasteiger partial charge in [0.05, 0.1) is 11.1 Å². The van der Waals surface area contributed by atoms with Gasteiger partial charge in [-0.1, -0.05) is 6.07 Å². The molecule has 0 saturated carbocycles. The van der Waals surface area contributed by atoms with E-state index in [-0.39, 0.29) is 12.1 Å². The predicted octanol–water partition coefficient (Wildman–Crippen LogP) is 3.83. The second-order valence-corrected chi connectivity index (χ2v) is 6.81. The van der Waals surface area contributed by atoms with Crippen LogP contribution in [0.25, 0.3) is 0 Å². The molecule has 0 fully saturated rings. The van der Waals surface area contributed by atoms with Crippen molar-refractivity contribution in [3.63, 3.8) is 0 Å². The van der Waals surface area contributed by atoms with Gasteiger partial charge in [0.2, 0.25) is 0 Å². The molecule has 1 rings (SSSR count). The average Bonchev–Trinajstić information content (AvgIpc) is 2.30. The maximum Gasteiger partial charge on any atom is 0.412 e. The van der Waals surface area contributed by atoms with Crippen molar-refractivity contribution in [3.05, 3.63) is 29.6 Å². The van der Waals surface area contributed by atoms with Crippen molar-refractivity contribution in [2.24, 2.45) is 5.41 Å². The highest BCUT2D eigenvalue weighted by molar-refractivity contribution is 5.85. The van der Waals surface area contributed by atoms with Gasteiger partial charge in [-0.25, -0.2) is 9.18 Å². The Hall–Kier alpha value is -2.11. The van der Waals surface area contributed by atoms with Crippen LogP contribution in [0.4, 0.5) is 14.9 Å². The number of hydrogen-bond acceptors (Lipinski definition) is 3. The Labute approximate surface area is 129 Å². The highest BCUT2D eigenvalue weighted by Crippen LogP contribution is 2.25. The van der Waals surface area contributed by atoms with Gasteiger partial charge in [-0.15, -0.1) is 0 Å². The molecule has 1 aromatic carbocycles. The summed E-state index contributed by atoms with van der Waals surface area (Å²) >= 11 is 0. The van der Waals surface area contributed by atoms with Crippen LogP contribution in [0.5, 0.6) is 0 Å². The van der Waals surface area contributed by atoms with E-state index in [2.05, 4.69) is 5.32 Å². The Bertz CT molecular complexity index is 576. The number of amides is 1. The summed E-state index contributed by atoms with van der Waals surface area (Å²) < 4.78 is 18.8. The molecule has 0 aromatic heterocycles. The van der Waals surface area contributed by atoms with Crippen LogP contribution in [0.1, 0.15) is 40.2 Å². The molecule has 0 aliphatic carbocycles. The van der Waals surface area contributed by atoms with Crippen LogP contribution < -0.4 is 5.32 Å². The van der Waals surface area contributed by atoms with Gasteiger partial charge in [0.25, 0.3) is 0 Å². The number of carbonyl (C=O) groups excluding carboxylic acids is 1. The van der Waals surface area contributed by atoms with Crippen LogP contribution in [0.15, 0.2) is 18.2 Å². The van der Waals surface area contributed by atoms with Gasteiger partial charge >= 0.3 is 12.1 Å². The fourth-order valence-corrected chi connectivity index (χ4v) is 1.78. The van der Waals surface area contributed by atoms with Crippen LogP contribution in [0, 0.1) is 11.2 Å². The summed E-state index contributed by atoms with van der Waals surface area (Å²) in [6.07, 6.45) is -0.549. The van der Waals surface area contributed by atoms with Gasteiger partial charge in [-0.3, -0.25) is 10.1 Å². The van der Waals surface area contributed by atoms with E-state index in [1.807, 2.05) is 0 Å². The molecule has 0 unspecified atom stereocenters. The third-order valence-corrected chi connectivity index (χ3v) is 2.89. The molecule has 22 heavy (non-hydrogen) atoms. The Morgan fingerprint density at radius 2 is 1.82 bits per heavy atom. The molecule has 0 heterocycles. The van der Waals surface area contributed by atoms with Crippen molar-refractivity contribution >= 4 is 17.7 Å². The number of carboxylic acid groups (broad SMARTS) is 1. The molecule has 0 aliphatic rings. The molecular formula is C16H22FNO4. The summed E-state index contributed by atoms with van der Waals surface area (Å²) in [6, 6.07) is 4.12. The number of hydrogen-bond donors (Lipinski definition) is 2. The van der Waals surface area contributed by atoms with E-state index >= 15 is 0 Å². The van der Waals surface area contributed by atoms with E-state index in [0.29, 0.717) is 5.56 Å². The first-order chi connectivity index (χ1) is 9.90. The molecular weight excluding hydrogens is 289 g/mol. The minimum atomic E-state index is -0.985. The van der Waals surface area contributed by atoms with Gasteiger partial charge in [-0.05, 0) is 58.7 Å². The minimum absolute atomic E-state index is 0.0343. The molecule has 6 heteroatoms. The lowest BCUT2D eigenvalue weighted by Gasteiger charge is -2.21. The van der Waals surface area contributed by atoms with Crippen molar-refractivity contribution < 1.29 is 23.8 Å². The maximum absolute atomic E-state index is 13.8. The summed E-state index contributed by atoms with van der Waals surface area (Å²) in [5, 5.41) is 11.5. The number of ether oxygens (including phenoxy) is 1. The molecule has 0 radical (unpaired) electrons. The van der Waals surface area contributed by atoms with E-state index in [1.165, 1.54) is 18.2 Å². The Kier molecular flexibility index (Phi) is 5.17. The first kappa shape index (κ1) is 17.9. The van der Waals surface area contributed by atoms with E-state index < -0.39 is 28.9 Å². The zero-order valence-electron chi connectivity index (χ0n) is 13.5. The van der Waals surface area contributed by atoms with E-state index in [1.54, 1.807) is 34.6 Å². The fourth-order valence-electron chi connectivity index (χ4n) is 1.78. The number of benzene rings is 1. The number of carboxylic acids is 1.